The molecule has 2 rings (SSSR count). The third-order valence-electron chi connectivity index (χ3n) is 2.75. The van der Waals surface area contributed by atoms with Gasteiger partial charge in [0, 0.05) is 28.6 Å². The molecule has 4 heteroatoms. The molecule has 1 aliphatic heterocycles. The van der Waals surface area contributed by atoms with Gasteiger partial charge < -0.3 is 4.74 Å². The fourth-order valence-electron chi connectivity index (χ4n) is 1.86. The molecule has 1 aliphatic rings. The molecule has 0 saturated heterocycles. The van der Waals surface area contributed by atoms with Crippen LogP contribution in [0.4, 0.5) is 0 Å². The maximum Gasteiger partial charge on any atom is 0.168 e. The highest BCUT2D eigenvalue weighted by molar-refractivity contribution is 7.98. The first-order chi connectivity index (χ1) is 7.65. The van der Waals surface area contributed by atoms with Gasteiger partial charge in [-0.15, -0.1) is 0 Å². The summed E-state index contributed by atoms with van der Waals surface area (Å²) in [6.45, 7) is 1.94. The third kappa shape index (κ3) is 1.94. The Balaban J connectivity index is 2.61. The molecule has 0 fully saturated rings. The minimum atomic E-state index is 0.0239. The zero-order valence-corrected chi connectivity index (χ0v) is 10.8. The Morgan fingerprint density at radius 2 is 2.25 bits per heavy atom. The van der Waals surface area contributed by atoms with Gasteiger partial charge in [-0.25, -0.2) is 0 Å². The molecule has 0 aliphatic carbocycles. The smallest absolute Gasteiger partial charge is 0.168 e. The molecule has 0 bridgehead atoms. The van der Waals surface area contributed by atoms with Crippen molar-refractivity contribution in [2.24, 2.45) is 5.92 Å². The van der Waals surface area contributed by atoms with Crippen molar-refractivity contribution in [3.8, 4) is 5.75 Å². The SMILES string of the molecule is COc1ccc(Cl)c2c1CSCC(C)C2=O. The van der Waals surface area contributed by atoms with Crippen LogP contribution >= 0.6 is 23.4 Å². The van der Waals surface area contributed by atoms with E-state index in [-0.39, 0.29) is 11.7 Å². The Kier molecular flexibility index (Phi) is 3.45. The van der Waals surface area contributed by atoms with E-state index >= 15 is 0 Å². The predicted molar refractivity (Wildman–Crippen MR) is 67.7 cm³/mol. The first kappa shape index (κ1) is 11.8. The summed E-state index contributed by atoms with van der Waals surface area (Å²) in [4.78, 5) is 12.2. The van der Waals surface area contributed by atoms with Crippen LogP contribution in [-0.4, -0.2) is 18.6 Å². The summed E-state index contributed by atoms with van der Waals surface area (Å²) in [7, 11) is 1.62. The van der Waals surface area contributed by atoms with Crippen molar-refractivity contribution >= 4 is 29.1 Å². The maximum atomic E-state index is 12.2. The highest BCUT2D eigenvalue weighted by Crippen LogP contribution is 2.36. The number of carbonyl (C=O) groups is 1. The summed E-state index contributed by atoms with van der Waals surface area (Å²) in [5.41, 5.74) is 1.59. The van der Waals surface area contributed by atoms with Crippen molar-refractivity contribution in [1.29, 1.82) is 0 Å². The Morgan fingerprint density at radius 3 is 2.94 bits per heavy atom. The lowest BCUT2D eigenvalue weighted by atomic mass is 9.96. The molecule has 0 N–H and O–H groups in total. The third-order valence-corrected chi connectivity index (χ3v) is 4.29. The summed E-state index contributed by atoms with van der Waals surface area (Å²) in [5, 5.41) is 0.537. The van der Waals surface area contributed by atoms with Crippen LogP contribution in [0.2, 0.25) is 5.02 Å². The number of halogens is 1. The van der Waals surface area contributed by atoms with E-state index in [9.17, 15) is 4.79 Å². The van der Waals surface area contributed by atoms with E-state index < -0.39 is 0 Å². The minimum absolute atomic E-state index is 0.0239. The Morgan fingerprint density at radius 1 is 1.50 bits per heavy atom. The molecular formula is C12H13ClO2S. The van der Waals surface area contributed by atoms with Crippen LogP contribution in [0.5, 0.6) is 5.75 Å². The maximum absolute atomic E-state index is 12.2. The molecule has 86 valence electrons. The molecule has 0 saturated carbocycles. The number of benzene rings is 1. The summed E-state index contributed by atoms with van der Waals surface area (Å²) in [6.07, 6.45) is 0. The van der Waals surface area contributed by atoms with Crippen LogP contribution in [-0.2, 0) is 5.75 Å². The minimum Gasteiger partial charge on any atom is -0.496 e. The van der Waals surface area contributed by atoms with E-state index in [1.165, 1.54) is 0 Å². The second-order valence-electron chi connectivity index (χ2n) is 3.88. The number of thioether (sulfide) groups is 1. The predicted octanol–water partition coefficient (Wildman–Crippen LogP) is 3.41. The number of ketones is 1. The van der Waals surface area contributed by atoms with Crippen LogP contribution in [0.25, 0.3) is 0 Å². The number of hydrogen-bond acceptors (Lipinski definition) is 3. The van der Waals surface area contributed by atoms with Gasteiger partial charge in [0.2, 0.25) is 0 Å². The molecule has 0 aromatic heterocycles. The van der Waals surface area contributed by atoms with Crippen LogP contribution in [0.1, 0.15) is 22.8 Å². The Hall–Kier alpha value is -0.670. The van der Waals surface area contributed by atoms with Gasteiger partial charge in [0.1, 0.15) is 5.75 Å². The first-order valence-corrected chi connectivity index (χ1v) is 6.65. The number of fused-ring (bicyclic) bond motifs is 1. The molecule has 1 unspecified atom stereocenters. The lowest BCUT2D eigenvalue weighted by Crippen LogP contribution is -2.13. The molecule has 2 nitrogen and oxygen atoms in total. The van der Waals surface area contributed by atoms with Crippen molar-refractivity contribution in [3.05, 3.63) is 28.3 Å². The molecule has 1 aromatic carbocycles. The summed E-state index contributed by atoms with van der Waals surface area (Å²) in [6, 6.07) is 3.56. The van der Waals surface area contributed by atoms with Crippen LogP contribution in [0, 0.1) is 5.92 Å². The van der Waals surface area contributed by atoms with Crippen molar-refractivity contribution in [2.75, 3.05) is 12.9 Å². The molecule has 0 amide bonds. The number of ether oxygens (including phenoxy) is 1. The van der Waals surface area contributed by atoms with E-state index in [2.05, 4.69) is 0 Å². The molecule has 1 atom stereocenters. The average Bonchev–Trinajstić information content (AvgIpc) is 2.41. The van der Waals surface area contributed by atoms with E-state index in [1.54, 1.807) is 24.9 Å². The average molecular weight is 257 g/mol. The highest BCUT2D eigenvalue weighted by Gasteiger charge is 2.26. The lowest BCUT2D eigenvalue weighted by Gasteiger charge is -2.12. The number of rotatable bonds is 1. The van der Waals surface area contributed by atoms with Gasteiger partial charge >= 0.3 is 0 Å². The van der Waals surface area contributed by atoms with Gasteiger partial charge in [0.25, 0.3) is 0 Å². The van der Waals surface area contributed by atoms with Gasteiger partial charge in [0.15, 0.2) is 5.78 Å². The quantitative estimate of drug-likeness (QED) is 0.770. The fourth-order valence-corrected chi connectivity index (χ4v) is 3.24. The second kappa shape index (κ2) is 4.68. The monoisotopic (exact) mass is 256 g/mol. The normalized spacial score (nSPS) is 20.2. The zero-order valence-electron chi connectivity index (χ0n) is 9.25. The summed E-state index contributed by atoms with van der Waals surface area (Å²) in [5.74, 6) is 2.54. The molecule has 0 spiro atoms. The summed E-state index contributed by atoms with van der Waals surface area (Å²) >= 11 is 7.87. The lowest BCUT2D eigenvalue weighted by molar-refractivity contribution is 0.0942. The van der Waals surface area contributed by atoms with Gasteiger partial charge in [0.05, 0.1) is 12.1 Å². The Labute approximate surface area is 104 Å². The standard InChI is InChI=1S/C12H13ClO2S/c1-7-5-16-6-8-10(15-2)4-3-9(13)11(8)12(7)14/h3-4,7H,5-6H2,1-2H3. The van der Waals surface area contributed by atoms with Crippen molar-refractivity contribution < 1.29 is 9.53 Å². The molecule has 1 heterocycles. The van der Waals surface area contributed by atoms with Gasteiger partial charge in [-0.1, -0.05) is 18.5 Å². The molecular weight excluding hydrogens is 244 g/mol. The van der Waals surface area contributed by atoms with E-state index in [0.29, 0.717) is 10.6 Å². The Bertz CT molecular complexity index is 431. The topological polar surface area (TPSA) is 26.3 Å². The first-order valence-electron chi connectivity index (χ1n) is 5.12. The van der Waals surface area contributed by atoms with E-state index in [0.717, 1.165) is 22.8 Å². The van der Waals surface area contributed by atoms with Crippen molar-refractivity contribution in [1.82, 2.24) is 0 Å². The van der Waals surface area contributed by atoms with E-state index in [1.807, 2.05) is 13.0 Å². The largest absolute Gasteiger partial charge is 0.496 e. The molecule has 1 aromatic rings. The van der Waals surface area contributed by atoms with Gasteiger partial charge in [-0.2, -0.15) is 11.8 Å². The fraction of sp³-hybridized carbons (Fsp3) is 0.417. The number of Topliss-reactive ketones (excluding diaryl/α,β-unsaturated/α-hetero) is 1. The number of hydrogen-bond donors (Lipinski definition) is 0. The number of methoxy groups -OCH3 is 1. The van der Waals surface area contributed by atoms with Gasteiger partial charge in [-0.05, 0) is 12.1 Å². The van der Waals surface area contributed by atoms with Crippen LogP contribution in [0.15, 0.2) is 12.1 Å². The van der Waals surface area contributed by atoms with Crippen LogP contribution in [0.3, 0.4) is 0 Å². The van der Waals surface area contributed by atoms with Crippen molar-refractivity contribution in [3.63, 3.8) is 0 Å². The van der Waals surface area contributed by atoms with Gasteiger partial charge in [-0.3, -0.25) is 4.79 Å². The number of carbonyl (C=O) groups excluding carboxylic acids is 1. The zero-order chi connectivity index (χ0) is 11.7. The summed E-state index contributed by atoms with van der Waals surface area (Å²) < 4.78 is 5.28. The molecule has 0 radical (unpaired) electrons. The van der Waals surface area contributed by atoms with Crippen LogP contribution < -0.4 is 4.74 Å². The van der Waals surface area contributed by atoms with E-state index in [4.69, 9.17) is 16.3 Å². The molecule has 16 heavy (non-hydrogen) atoms. The van der Waals surface area contributed by atoms with Crippen molar-refractivity contribution in [2.45, 2.75) is 12.7 Å². The highest BCUT2D eigenvalue weighted by atomic mass is 35.5. The second-order valence-corrected chi connectivity index (χ2v) is 5.32.